The van der Waals surface area contributed by atoms with Crippen molar-refractivity contribution < 1.29 is 17.7 Å². The van der Waals surface area contributed by atoms with E-state index >= 15 is 0 Å². The van der Waals surface area contributed by atoms with Crippen LogP contribution in [0.25, 0.3) is 164 Å². The fourth-order valence-corrected chi connectivity index (χ4v) is 19.1. The van der Waals surface area contributed by atoms with Crippen LogP contribution in [0.15, 0.2) is 479 Å². The van der Waals surface area contributed by atoms with Crippen LogP contribution in [0.2, 0.25) is 0 Å². The molecule has 0 aliphatic carbocycles. The third-order valence-corrected chi connectivity index (χ3v) is 24.8. The molecule has 4 aromatic heterocycles. The first-order chi connectivity index (χ1) is 62.5. The van der Waals surface area contributed by atoms with Crippen molar-refractivity contribution in [3.63, 3.8) is 0 Å². The molecule has 0 bridgehead atoms. The van der Waals surface area contributed by atoms with Gasteiger partial charge >= 0.3 is 0 Å². The van der Waals surface area contributed by atoms with Crippen molar-refractivity contribution in [2.24, 2.45) is 0 Å². The molecule has 0 amide bonds. The number of anilines is 12. The number of para-hydroxylation sites is 10. The van der Waals surface area contributed by atoms with Gasteiger partial charge in [0, 0.05) is 111 Å². The summed E-state index contributed by atoms with van der Waals surface area (Å²) in [6.07, 6.45) is 0. The molecule has 21 aromatic carbocycles. The molecule has 0 atom stereocenters. The van der Waals surface area contributed by atoms with Gasteiger partial charge in [-0.3, -0.25) is 0 Å². The smallest absolute Gasteiger partial charge is 0.159 e. The van der Waals surface area contributed by atoms with E-state index in [1.165, 1.54) is 21.5 Å². The maximum Gasteiger partial charge on any atom is 0.159 e. The number of benzene rings is 21. The zero-order valence-corrected chi connectivity index (χ0v) is 68.3. The van der Waals surface area contributed by atoms with E-state index in [1.807, 2.05) is 30.3 Å². The summed E-state index contributed by atoms with van der Waals surface area (Å²) in [6.45, 7) is 0. The number of hydrogen-bond donors (Lipinski definition) is 0. The molecular formula is C118H76N4O4. The lowest BCUT2D eigenvalue weighted by Gasteiger charge is -2.27. The maximum atomic E-state index is 7.10. The van der Waals surface area contributed by atoms with Gasteiger partial charge in [0.1, 0.15) is 33.5 Å². The molecule has 0 spiro atoms. The molecule has 4 heterocycles. The highest BCUT2D eigenvalue weighted by Crippen LogP contribution is 2.52. The molecule has 0 fully saturated rings. The zero-order valence-electron chi connectivity index (χ0n) is 68.3. The average Bonchev–Trinajstić information content (AvgIpc) is 1.35. The molecule has 0 N–H and O–H groups in total. The number of fused-ring (bicyclic) bond motifs is 22. The molecule has 592 valence electrons. The number of rotatable bonds is 15. The van der Waals surface area contributed by atoms with Gasteiger partial charge in [0.25, 0.3) is 0 Å². The van der Waals surface area contributed by atoms with Crippen molar-refractivity contribution in [1.29, 1.82) is 0 Å². The highest BCUT2D eigenvalue weighted by Gasteiger charge is 2.28. The van der Waals surface area contributed by atoms with Crippen molar-refractivity contribution in [3.8, 4) is 33.4 Å². The molecule has 8 heteroatoms. The van der Waals surface area contributed by atoms with Gasteiger partial charge in [-0.25, -0.2) is 0 Å². The average molecular weight is 1610 g/mol. The van der Waals surface area contributed by atoms with Crippen LogP contribution in [0.4, 0.5) is 68.2 Å². The summed E-state index contributed by atoms with van der Waals surface area (Å²) in [5.74, 6) is 0. The minimum atomic E-state index is 0.820. The molecule has 0 saturated heterocycles. The minimum absolute atomic E-state index is 0.820. The Hall–Kier alpha value is -16.9. The summed E-state index contributed by atoms with van der Waals surface area (Å²) >= 11 is 0. The SMILES string of the molecule is c1ccc(-c2ccccc2N(c2ccc3c(c2)oc2c4ccc(-c5ccc(N(c6ccccc6)c6ccccc6)cc5)cc4c4ccccc4c32)c2cccc3c2oc2ccccc23)cc1.c1ccc(N(c2ccccc2)c2ccc(-c3ccc4c(c3)c3ccccc3c3c5ccc(N(c6ccccc6)c6cccc7c6oc6ccccc67)cc5oc43)cc2)cc1. The number of hydrogen-bond acceptors (Lipinski definition) is 8. The highest BCUT2D eigenvalue weighted by molar-refractivity contribution is 6.32. The van der Waals surface area contributed by atoms with Crippen LogP contribution in [0.5, 0.6) is 0 Å². The molecule has 25 aromatic rings. The van der Waals surface area contributed by atoms with Gasteiger partial charge in [0.15, 0.2) is 11.2 Å². The highest BCUT2D eigenvalue weighted by atomic mass is 16.3. The van der Waals surface area contributed by atoms with Gasteiger partial charge < -0.3 is 37.3 Å². The summed E-state index contributed by atoms with van der Waals surface area (Å²) < 4.78 is 27.4. The van der Waals surface area contributed by atoms with Crippen LogP contribution in [0, 0.1) is 0 Å². The Morgan fingerprint density at radius 2 is 0.429 bits per heavy atom. The second kappa shape index (κ2) is 30.6. The minimum Gasteiger partial charge on any atom is -0.455 e. The second-order valence-electron chi connectivity index (χ2n) is 32.1. The number of furan rings is 4. The van der Waals surface area contributed by atoms with E-state index in [2.05, 4.69) is 450 Å². The van der Waals surface area contributed by atoms with Gasteiger partial charge in [0.05, 0.1) is 28.4 Å². The van der Waals surface area contributed by atoms with Crippen molar-refractivity contribution in [2.75, 3.05) is 19.6 Å². The van der Waals surface area contributed by atoms with Gasteiger partial charge in [-0.15, -0.1) is 0 Å². The molecule has 0 saturated carbocycles. The summed E-state index contributed by atoms with van der Waals surface area (Å²) in [5.41, 5.74) is 26.3. The predicted octanol–water partition coefficient (Wildman–Crippen LogP) is 34.5. The molecule has 8 nitrogen and oxygen atoms in total. The number of nitrogens with zero attached hydrogens (tertiary/aromatic N) is 4. The van der Waals surface area contributed by atoms with Gasteiger partial charge in [0.2, 0.25) is 0 Å². The van der Waals surface area contributed by atoms with Gasteiger partial charge in [-0.05, 0) is 224 Å². The fourth-order valence-electron chi connectivity index (χ4n) is 19.1. The van der Waals surface area contributed by atoms with E-state index in [-0.39, 0.29) is 0 Å². The normalized spacial score (nSPS) is 11.7. The standard InChI is InChI=1S/C62H40N2O2.C56H36N2O2/c1-4-17-42(18-5-1)48-23-12-14-28-56(48)64(57-29-16-27-52-50-25-13-15-30-58(50)65-61(52)57)47-36-38-54-59(40-47)66-62-53-37-33-43(39-55(53)49-24-10-11-26-51(49)60(54)62)41-31-34-46(35-32-41)63(44-19-6-2-7-20-44)45-21-8-3-9-22-45;1-4-15-39(16-5-1)57(40-17-6-2-7-18-40)42-30-27-37(28-31-42)38-29-33-48-50(35-38)44-21-10-11-23-46(44)54-49-34-32-43(36-53(49)60-56(48)54)58(41-19-8-3-9-20-41)51-25-14-24-47-45-22-12-13-26-52(45)59-55(47)51/h1-40H;1-36H. The van der Waals surface area contributed by atoms with Crippen molar-refractivity contribution in [2.45, 2.75) is 0 Å². The Balaban J connectivity index is 0.000000142. The first-order valence-electron chi connectivity index (χ1n) is 42.8. The predicted molar refractivity (Wildman–Crippen MR) is 527 cm³/mol. The lowest BCUT2D eigenvalue weighted by Crippen LogP contribution is -2.11. The van der Waals surface area contributed by atoms with Crippen LogP contribution >= 0.6 is 0 Å². The summed E-state index contributed by atoms with van der Waals surface area (Å²) in [5, 5.41) is 18.0. The zero-order chi connectivity index (χ0) is 83.1. The Labute approximate surface area is 726 Å². The largest absolute Gasteiger partial charge is 0.455 e. The van der Waals surface area contributed by atoms with Crippen LogP contribution < -0.4 is 19.6 Å². The Morgan fingerprint density at radius 1 is 0.135 bits per heavy atom. The van der Waals surface area contributed by atoms with Crippen LogP contribution in [0.3, 0.4) is 0 Å². The lowest BCUT2D eigenvalue weighted by molar-refractivity contribution is 0.668. The fraction of sp³-hybridized carbons (Fsp3) is 0. The van der Waals surface area contributed by atoms with E-state index in [9.17, 15) is 0 Å². The molecule has 0 radical (unpaired) electrons. The van der Waals surface area contributed by atoms with Crippen LogP contribution in [0.1, 0.15) is 0 Å². The third kappa shape index (κ3) is 12.5. The topological polar surface area (TPSA) is 65.5 Å². The van der Waals surface area contributed by atoms with Crippen LogP contribution in [-0.4, -0.2) is 0 Å². The van der Waals surface area contributed by atoms with Crippen molar-refractivity contribution >= 4 is 199 Å². The Kier molecular flexibility index (Phi) is 17.8. The summed E-state index contributed by atoms with van der Waals surface area (Å²) in [6, 6.07) is 163. The molecular weight excluding hydrogens is 1540 g/mol. The van der Waals surface area contributed by atoms with Crippen molar-refractivity contribution in [3.05, 3.63) is 461 Å². The molecule has 0 unspecified atom stereocenters. The van der Waals surface area contributed by atoms with E-state index in [0.29, 0.717) is 0 Å². The van der Waals surface area contributed by atoms with Gasteiger partial charge in [-0.1, -0.05) is 285 Å². The quantitative estimate of drug-likeness (QED) is 0.0941. The molecule has 126 heavy (non-hydrogen) atoms. The lowest BCUT2D eigenvalue weighted by atomic mass is 9.94. The van der Waals surface area contributed by atoms with E-state index in [0.717, 1.165) is 211 Å². The molecule has 25 rings (SSSR count). The Bertz CT molecular complexity index is 8380. The summed E-state index contributed by atoms with van der Waals surface area (Å²) in [7, 11) is 0. The summed E-state index contributed by atoms with van der Waals surface area (Å²) in [4.78, 5) is 9.18. The van der Waals surface area contributed by atoms with Gasteiger partial charge in [-0.2, -0.15) is 0 Å². The first-order valence-corrected chi connectivity index (χ1v) is 42.8. The monoisotopic (exact) mass is 1610 g/mol. The van der Waals surface area contributed by atoms with Crippen molar-refractivity contribution in [1.82, 2.24) is 0 Å². The Morgan fingerprint density at radius 3 is 0.865 bits per heavy atom. The first kappa shape index (κ1) is 73.0. The third-order valence-electron chi connectivity index (χ3n) is 24.8. The van der Waals surface area contributed by atoms with E-state index in [4.69, 9.17) is 17.7 Å². The molecule has 0 aliphatic heterocycles. The second-order valence-corrected chi connectivity index (χ2v) is 32.1. The maximum absolute atomic E-state index is 7.10. The van der Waals surface area contributed by atoms with E-state index in [1.54, 1.807) is 0 Å². The van der Waals surface area contributed by atoms with Crippen LogP contribution in [-0.2, 0) is 0 Å². The van der Waals surface area contributed by atoms with E-state index < -0.39 is 0 Å². The molecule has 0 aliphatic rings.